The minimum Gasteiger partial charge on any atom is -0.478 e. The van der Waals surface area contributed by atoms with Crippen molar-refractivity contribution in [1.82, 2.24) is 0 Å². The van der Waals surface area contributed by atoms with E-state index < -0.39 is 16.3 Å². The van der Waals surface area contributed by atoms with Gasteiger partial charge in [0, 0.05) is 24.6 Å². The summed E-state index contributed by atoms with van der Waals surface area (Å²) in [6.45, 7) is 3.76. The number of benzene rings is 1. The fourth-order valence-electron chi connectivity index (χ4n) is 1.36. The number of carboxylic acid groups (broad SMARTS) is 1. The third-order valence-electron chi connectivity index (χ3n) is 2.63. The zero-order valence-electron chi connectivity index (χ0n) is 10.7. The number of aliphatic hydroxyl groups excluding tert-OH is 1. The molecule has 0 atom stereocenters. The number of rotatable bonds is 6. The lowest BCUT2D eigenvalue weighted by molar-refractivity contribution is -0.384. The molecule has 1 rings (SSSR count). The van der Waals surface area contributed by atoms with E-state index in [1.807, 2.05) is 0 Å². The molecule has 0 saturated heterocycles. The van der Waals surface area contributed by atoms with Crippen LogP contribution in [0.25, 0.3) is 0 Å². The van der Waals surface area contributed by atoms with Crippen LogP contribution in [-0.2, 0) is 0 Å². The van der Waals surface area contributed by atoms with Crippen molar-refractivity contribution in [2.24, 2.45) is 5.41 Å². The molecule has 0 amide bonds. The van der Waals surface area contributed by atoms with Crippen molar-refractivity contribution in [2.75, 3.05) is 18.5 Å². The Balaban J connectivity index is 3.04. The molecule has 3 N–H and O–H groups in total. The lowest BCUT2D eigenvalue weighted by Crippen LogP contribution is -2.27. The van der Waals surface area contributed by atoms with Gasteiger partial charge in [-0.05, 0) is 12.1 Å². The molecule has 0 unspecified atom stereocenters. The van der Waals surface area contributed by atoms with Crippen molar-refractivity contribution >= 4 is 17.3 Å². The Kier molecular flexibility index (Phi) is 4.44. The van der Waals surface area contributed by atoms with Gasteiger partial charge in [-0.2, -0.15) is 0 Å². The SMILES string of the molecule is CC(C)(CO)CNc1cc(C(=O)O)ccc1[N+](=O)[O-]. The largest absolute Gasteiger partial charge is 0.478 e. The van der Waals surface area contributed by atoms with Crippen LogP contribution in [0.5, 0.6) is 0 Å². The quantitative estimate of drug-likeness (QED) is 0.535. The first-order chi connectivity index (χ1) is 8.76. The van der Waals surface area contributed by atoms with Crippen LogP contribution in [0.2, 0.25) is 0 Å². The van der Waals surface area contributed by atoms with Gasteiger partial charge in [-0.25, -0.2) is 4.79 Å². The standard InChI is InChI=1S/C12H16N2O5/c1-12(2,7-15)6-13-9-5-8(11(16)17)3-4-10(9)14(18)19/h3-5,13,15H,6-7H2,1-2H3,(H,16,17). The van der Waals surface area contributed by atoms with E-state index in [2.05, 4.69) is 5.32 Å². The monoisotopic (exact) mass is 268 g/mol. The third-order valence-corrected chi connectivity index (χ3v) is 2.63. The van der Waals surface area contributed by atoms with Crippen molar-refractivity contribution in [3.05, 3.63) is 33.9 Å². The van der Waals surface area contributed by atoms with Crippen LogP contribution in [0.3, 0.4) is 0 Å². The van der Waals surface area contributed by atoms with E-state index in [-0.39, 0.29) is 30.1 Å². The molecule has 0 fully saturated rings. The predicted octanol–water partition coefficient (Wildman–Crippen LogP) is 1.72. The molecule has 1 aromatic carbocycles. The molecule has 0 aromatic heterocycles. The number of anilines is 1. The molecule has 104 valence electrons. The molecular formula is C12H16N2O5. The molecular weight excluding hydrogens is 252 g/mol. The Bertz CT molecular complexity index is 499. The van der Waals surface area contributed by atoms with Crippen LogP contribution >= 0.6 is 0 Å². The molecule has 19 heavy (non-hydrogen) atoms. The lowest BCUT2D eigenvalue weighted by Gasteiger charge is -2.22. The van der Waals surface area contributed by atoms with Gasteiger partial charge in [0.15, 0.2) is 0 Å². The van der Waals surface area contributed by atoms with Gasteiger partial charge < -0.3 is 15.5 Å². The Morgan fingerprint density at radius 2 is 2.11 bits per heavy atom. The summed E-state index contributed by atoms with van der Waals surface area (Å²) in [5.41, 5.74) is -0.562. The average molecular weight is 268 g/mol. The number of carbonyl (C=O) groups is 1. The molecule has 0 aliphatic heterocycles. The maximum Gasteiger partial charge on any atom is 0.335 e. The number of carboxylic acids is 1. The summed E-state index contributed by atoms with van der Waals surface area (Å²) in [6, 6.07) is 3.55. The van der Waals surface area contributed by atoms with Gasteiger partial charge in [-0.15, -0.1) is 0 Å². The lowest BCUT2D eigenvalue weighted by atomic mass is 9.95. The summed E-state index contributed by atoms with van der Waals surface area (Å²) in [5, 5.41) is 31.7. The summed E-state index contributed by atoms with van der Waals surface area (Å²) in [4.78, 5) is 21.1. The first kappa shape index (κ1) is 14.9. The Morgan fingerprint density at radius 1 is 1.47 bits per heavy atom. The number of nitro benzene ring substituents is 1. The minimum atomic E-state index is -1.15. The van der Waals surface area contributed by atoms with Gasteiger partial charge in [-0.1, -0.05) is 13.8 Å². The molecule has 0 bridgehead atoms. The smallest absolute Gasteiger partial charge is 0.335 e. The van der Waals surface area contributed by atoms with Crippen LogP contribution in [0.1, 0.15) is 24.2 Å². The Labute approximate surface area is 110 Å². The Morgan fingerprint density at radius 3 is 2.58 bits per heavy atom. The summed E-state index contributed by atoms with van der Waals surface area (Å²) < 4.78 is 0. The van der Waals surface area contributed by atoms with Crippen molar-refractivity contribution in [1.29, 1.82) is 0 Å². The van der Waals surface area contributed by atoms with Crippen LogP contribution in [-0.4, -0.2) is 34.3 Å². The zero-order chi connectivity index (χ0) is 14.6. The summed E-state index contributed by atoms with van der Waals surface area (Å²) in [5.74, 6) is -1.15. The number of hydrogen-bond acceptors (Lipinski definition) is 5. The van der Waals surface area contributed by atoms with E-state index in [1.54, 1.807) is 13.8 Å². The van der Waals surface area contributed by atoms with Crippen LogP contribution < -0.4 is 5.32 Å². The molecule has 0 radical (unpaired) electrons. The highest BCUT2D eigenvalue weighted by atomic mass is 16.6. The molecule has 7 nitrogen and oxygen atoms in total. The summed E-state index contributed by atoms with van der Waals surface area (Å²) in [6.07, 6.45) is 0. The molecule has 0 saturated carbocycles. The number of aliphatic hydroxyl groups is 1. The van der Waals surface area contributed by atoms with Crippen molar-refractivity contribution < 1.29 is 19.9 Å². The summed E-state index contributed by atoms with van der Waals surface area (Å²) in [7, 11) is 0. The maximum atomic E-state index is 10.9. The van der Waals surface area contributed by atoms with Gasteiger partial charge in [-0.3, -0.25) is 10.1 Å². The van der Waals surface area contributed by atoms with E-state index in [9.17, 15) is 14.9 Å². The van der Waals surface area contributed by atoms with Gasteiger partial charge in [0.2, 0.25) is 0 Å². The van der Waals surface area contributed by atoms with Crippen LogP contribution in [0.4, 0.5) is 11.4 Å². The second kappa shape index (κ2) is 5.66. The van der Waals surface area contributed by atoms with Gasteiger partial charge in [0.05, 0.1) is 10.5 Å². The zero-order valence-corrected chi connectivity index (χ0v) is 10.7. The van der Waals surface area contributed by atoms with Gasteiger partial charge in [0.25, 0.3) is 5.69 Å². The van der Waals surface area contributed by atoms with Crippen LogP contribution in [0.15, 0.2) is 18.2 Å². The molecule has 0 aliphatic carbocycles. The predicted molar refractivity (Wildman–Crippen MR) is 69.4 cm³/mol. The van der Waals surface area contributed by atoms with E-state index in [0.29, 0.717) is 0 Å². The minimum absolute atomic E-state index is 0.0325. The number of nitro groups is 1. The first-order valence-electron chi connectivity index (χ1n) is 5.63. The first-order valence-corrected chi connectivity index (χ1v) is 5.63. The number of hydrogen-bond donors (Lipinski definition) is 3. The second-order valence-corrected chi connectivity index (χ2v) is 4.97. The highest BCUT2D eigenvalue weighted by molar-refractivity contribution is 5.90. The van der Waals surface area contributed by atoms with Gasteiger partial charge >= 0.3 is 5.97 Å². The molecule has 0 spiro atoms. The van der Waals surface area contributed by atoms with E-state index in [4.69, 9.17) is 10.2 Å². The normalized spacial score (nSPS) is 11.1. The van der Waals surface area contributed by atoms with E-state index in [1.165, 1.54) is 12.1 Å². The average Bonchev–Trinajstić information content (AvgIpc) is 2.35. The van der Waals surface area contributed by atoms with Crippen molar-refractivity contribution in [3.8, 4) is 0 Å². The number of nitrogens with zero attached hydrogens (tertiary/aromatic N) is 1. The van der Waals surface area contributed by atoms with Crippen molar-refractivity contribution in [3.63, 3.8) is 0 Å². The topological polar surface area (TPSA) is 113 Å². The Hall–Kier alpha value is -2.15. The fourth-order valence-corrected chi connectivity index (χ4v) is 1.36. The molecule has 1 aromatic rings. The highest BCUT2D eigenvalue weighted by Gasteiger charge is 2.20. The highest BCUT2D eigenvalue weighted by Crippen LogP contribution is 2.27. The molecule has 7 heteroatoms. The molecule has 0 aliphatic rings. The molecule has 0 heterocycles. The number of nitrogens with one attached hydrogen (secondary N) is 1. The number of aromatic carboxylic acids is 1. The summed E-state index contributed by atoms with van der Waals surface area (Å²) >= 11 is 0. The van der Waals surface area contributed by atoms with Crippen molar-refractivity contribution in [2.45, 2.75) is 13.8 Å². The van der Waals surface area contributed by atoms with Gasteiger partial charge in [0.1, 0.15) is 5.69 Å². The van der Waals surface area contributed by atoms with Crippen LogP contribution in [0, 0.1) is 15.5 Å². The second-order valence-electron chi connectivity index (χ2n) is 4.97. The van der Waals surface area contributed by atoms with E-state index in [0.717, 1.165) is 6.07 Å². The fraction of sp³-hybridized carbons (Fsp3) is 0.417. The maximum absolute atomic E-state index is 10.9. The third kappa shape index (κ3) is 3.92. The van der Waals surface area contributed by atoms with E-state index >= 15 is 0 Å².